The van der Waals surface area contributed by atoms with Crippen molar-refractivity contribution in [2.24, 2.45) is 0 Å². The molecule has 0 radical (unpaired) electrons. The Balaban J connectivity index is 1.77. The first-order valence-corrected chi connectivity index (χ1v) is 12.4. The highest BCUT2D eigenvalue weighted by Crippen LogP contribution is 2.50. The normalized spacial score (nSPS) is 47.2. The van der Waals surface area contributed by atoms with Crippen LogP contribution in [0.4, 0.5) is 0 Å². The summed E-state index contributed by atoms with van der Waals surface area (Å²) in [6, 6.07) is 15.7. The van der Waals surface area contributed by atoms with E-state index in [0.717, 1.165) is 17.0 Å². The molecule has 4 heteroatoms. The van der Waals surface area contributed by atoms with Gasteiger partial charge in [-0.2, -0.15) is 0 Å². The maximum absolute atomic E-state index is 10.1. The van der Waals surface area contributed by atoms with Crippen LogP contribution < -0.4 is 0 Å². The number of rotatable bonds is 4. The highest BCUT2D eigenvalue weighted by molar-refractivity contribution is 7.25. The molecule has 3 aromatic carbocycles. The minimum atomic E-state index is -3.99. The molecule has 2 aliphatic rings. The van der Waals surface area contributed by atoms with E-state index in [1.807, 2.05) is 18.2 Å². The molecule has 7 rings (SSSR count). The minimum absolute atomic E-state index is 0.00409. The van der Waals surface area contributed by atoms with Crippen molar-refractivity contribution in [2.75, 3.05) is 0 Å². The lowest BCUT2D eigenvalue weighted by Crippen LogP contribution is -2.14. The van der Waals surface area contributed by atoms with Gasteiger partial charge in [-0.15, -0.1) is 21.5 Å². The lowest BCUT2D eigenvalue weighted by Gasteiger charge is -2.32. The van der Waals surface area contributed by atoms with Gasteiger partial charge in [-0.25, -0.2) is 0 Å². The van der Waals surface area contributed by atoms with E-state index in [2.05, 4.69) is 15.4 Å². The Hall–Kier alpha value is -3.11. The summed E-state index contributed by atoms with van der Waals surface area (Å²) in [5.74, 6) is -7.45. The minimum Gasteiger partial charge on any atom is -0.139 e. The maximum Gasteiger partial charge on any atom is 0.0972 e. The summed E-state index contributed by atoms with van der Waals surface area (Å²) in [4.78, 5) is 0. The zero-order chi connectivity index (χ0) is 42.5. The fourth-order valence-electron chi connectivity index (χ4n) is 4.81. The van der Waals surface area contributed by atoms with Gasteiger partial charge in [0, 0.05) is 53.2 Å². The zero-order valence-corrected chi connectivity index (χ0v) is 20.1. The zero-order valence-electron chi connectivity index (χ0n) is 39.3. The van der Waals surface area contributed by atoms with E-state index in [1.54, 1.807) is 24.3 Å². The highest BCUT2D eigenvalue weighted by Gasteiger charge is 2.29. The van der Waals surface area contributed by atoms with Crippen LogP contribution in [-0.4, -0.2) is 15.4 Å². The Morgan fingerprint density at radius 3 is 2.43 bits per heavy atom. The molecular formula is C33H33N3S. The molecule has 4 atom stereocenters. The third kappa shape index (κ3) is 4.16. The van der Waals surface area contributed by atoms with Gasteiger partial charge >= 0.3 is 0 Å². The first-order valence-electron chi connectivity index (χ1n) is 21.7. The van der Waals surface area contributed by atoms with Crippen LogP contribution >= 0.6 is 11.3 Å². The first kappa shape index (κ1) is 10.2. The van der Waals surface area contributed by atoms with Crippen LogP contribution in [0.2, 0.25) is 0 Å². The number of thiophene rings is 1. The number of hydrogen-bond acceptors (Lipinski definition) is 4. The quantitative estimate of drug-likeness (QED) is 0.235. The van der Waals surface area contributed by atoms with Crippen LogP contribution in [0.1, 0.15) is 114 Å². The van der Waals surface area contributed by atoms with Gasteiger partial charge in [0.05, 0.1) is 11.9 Å². The molecule has 0 spiro atoms. The Morgan fingerprint density at radius 2 is 1.57 bits per heavy atom. The number of aromatic nitrogens is 3. The Labute approximate surface area is 251 Å². The number of fused-ring (bicyclic) bond motifs is 3. The van der Waals surface area contributed by atoms with Crippen LogP contribution in [0.15, 0.2) is 66.9 Å². The van der Waals surface area contributed by atoms with Crippen molar-refractivity contribution in [3.8, 4) is 22.4 Å². The third-order valence-corrected chi connectivity index (χ3v) is 7.45. The lowest BCUT2D eigenvalue weighted by molar-refractivity contribution is 0.419. The molecule has 0 aliphatic heterocycles. The van der Waals surface area contributed by atoms with E-state index in [-0.39, 0.29) is 11.3 Å². The molecular weight excluding hydrogens is 470 g/mol. The van der Waals surface area contributed by atoms with Crippen molar-refractivity contribution >= 4 is 31.5 Å². The van der Waals surface area contributed by atoms with Crippen LogP contribution in [0.25, 0.3) is 42.6 Å². The van der Waals surface area contributed by atoms with E-state index >= 15 is 0 Å². The van der Waals surface area contributed by atoms with Gasteiger partial charge in [0.15, 0.2) is 0 Å². The molecule has 3 nitrogen and oxygen atoms in total. The average Bonchev–Trinajstić information content (AvgIpc) is 3.54. The van der Waals surface area contributed by atoms with E-state index in [1.165, 1.54) is 23.5 Å². The van der Waals surface area contributed by atoms with E-state index in [4.69, 9.17) is 20.6 Å². The predicted octanol–water partition coefficient (Wildman–Crippen LogP) is 9.67. The van der Waals surface area contributed by atoms with Gasteiger partial charge in [0.25, 0.3) is 0 Å². The van der Waals surface area contributed by atoms with Gasteiger partial charge in [0.2, 0.25) is 0 Å². The number of hydrogen-bond donors (Lipinski definition) is 0. The molecule has 2 aromatic heterocycles. The first-order chi connectivity index (χ1) is 26.0. The van der Waals surface area contributed by atoms with Crippen LogP contribution in [0, 0.1) is 0 Å². The molecule has 4 unspecified atom stereocenters. The van der Waals surface area contributed by atoms with Gasteiger partial charge in [-0.3, -0.25) is 0 Å². The van der Waals surface area contributed by atoms with Crippen LogP contribution in [0.5, 0.6) is 0 Å². The van der Waals surface area contributed by atoms with Crippen molar-refractivity contribution < 1.29 is 27.4 Å². The SMILES string of the molecule is [2H]C1C([2H])([2H])C([2H])([2H])C([2H])([2H])C([2H])([2H])C1([2H])c1ccc(-c2cccc3sc4ccccc4c23)c(-c2ccnnn2)c1C1([2H])C([2H])C([2H])([2H])C([2H])([2H])C([2H])([2H])C1([2H])[2H]. The van der Waals surface area contributed by atoms with Crippen molar-refractivity contribution in [1.82, 2.24) is 15.4 Å². The largest absolute Gasteiger partial charge is 0.139 e. The molecule has 2 aliphatic carbocycles. The van der Waals surface area contributed by atoms with E-state index in [9.17, 15) is 6.85 Å². The van der Waals surface area contributed by atoms with Crippen molar-refractivity contribution in [3.63, 3.8) is 0 Å². The standard InChI is InChI=1S/C33H33N3S/c1-3-10-22(11-4-1)24-18-19-26(25-15-9-17-30-32(25)27-14-7-8-16-29(27)37-30)33(28-20-21-34-36-35-28)31(24)23-12-5-2-6-13-23/h7-9,14-23H,1-6,10-13H2/i1D2,2D2,3D2,4D2,5D2,6D2,10D,11D2,12D,13D2,22D,23D. The van der Waals surface area contributed by atoms with E-state index in [0.29, 0.717) is 21.0 Å². The fourth-order valence-corrected chi connectivity index (χ4v) is 5.94. The summed E-state index contributed by atoms with van der Waals surface area (Å²) in [7, 11) is 0. The molecule has 2 saturated carbocycles. The van der Waals surface area contributed by atoms with Gasteiger partial charge in [0.1, 0.15) is 0 Å². The summed E-state index contributed by atoms with van der Waals surface area (Å²) in [5.41, 5.74) is -2.66. The molecule has 186 valence electrons. The Bertz CT molecular complexity index is 2440. The maximum atomic E-state index is 10.1. The summed E-state index contributed by atoms with van der Waals surface area (Å²) >= 11 is 1.40. The lowest BCUT2D eigenvalue weighted by atomic mass is 9.72. The molecule has 37 heavy (non-hydrogen) atoms. The van der Waals surface area contributed by atoms with Crippen molar-refractivity contribution in [2.45, 2.75) is 75.6 Å². The molecule has 5 aromatic rings. The van der Waals surface area contributed by atoms with Crippen LogP contribution in [-0.2, 0) is 0 Å². The second kappa shape index (κ2) is 9.98. The average molecular weight is 524 g/mol. The van der Waals surface area contributed by atoms with E-state index < -0.39 is 92.3 Å². The summed E-state index contributed by atoms with van der Waals surface area (Å²) in [6.45, 7) is 0. The summed E-state index contributed by atoms with van der Waals surface area (Å²) < 4.78 is 181. The Kier molecular flexibility index (Phi) is 2.76. The summed E-state index contributed by atoms with van der Waals surface area (Å²) in [5, 5.41) is 12.7. The number of nitrogens with zero attached hydrogens (tertiary/aromatic N) is 3. The van der Waals surface area contributed by atoms with Crippen molar-refractivity contribution in [1.29, 1.82) is 0 Å². The van der Waals surface area contributed by atoms with Gasteiger partial charge < -0.3 is 0 Å². The molecule has 0 bridgehead atoms. The highest BCUT2D eigenvalue weighted by atomic mass is 32.1. The monoisotopic (exact) mass is 523 g/mol. The fraction of sp³-hybridized carbons (Fsp3) is 0.364. The van der Waals surface area contributed by atoms with Crippen molar-refractivity contribution in [3.05, 3.63) is 78.0 Å². The second-order valence-electron chi connectivity index (χ2n) is 8.35. The Morgan fingerprint density at radius 1 is 0.757 bits per heavy atom. The van der Waals surface area contributed by atoms with Gasteiger partial charge in [-0.05, 0) is 83.0 Å². The smallest absolute Gasteiger partial charge is 0.0972 e. The second-order valence-corrected chi connectivity index (χ2v) is 9.43. The summed E-state index contributed by atoms with van der Waals surface area (Å²) in [6.07, 6.45) is -35.7. The predicted molar refractivity (Wildman–Crippen MR) is 155 cm³/mol. The number of benzene rings is 3. The van der Waals surface area contributed by atoms with Crippen LogP contribution in [0.3, 0.4) is 0 Å². The molecule has 0 saturated heterocycles. The molecule has 2 heterocycles. The topological polar surface area (TPSA) is 38.7 Å². The molecule has 2 fully saturated rings. The molecule has 0 N–H and O–H groups in total. The van der Waals surface area contributed by atoms with Gasteiger partial charge in [-0.1, -0.05) is 80.7 Å². The third-order valence-electron chi connectivity index (χ3n) is 6.31. The molecule has 0 amide bonds.